The van der Waals surface area contributed by atoms with Crippen LogP contribution in [0.25, 0.3) is 0 Å². The van der Waals surface area contributed by atoms with E-state index in [9.17, 15) is 40.7 Å². The molecular formula is C37H45F6N5O4. The van der Waals surface area contributed by atoms with Gasteiger partial charge in [-0.05, 0) is 85.9 Å². The molecule has 2 aromatic rings. The van der Waals surface area contributed by atoms with E-state index in [4.69, 9.17) is 4.74 Å². The number of para-hydroxylation sites is 1. The van der Waals surface area contributed by atoms with Crippen molar-refractivity contribution in [2.24, 2.45) is 5.41 Å². The first kappa shape index (κ1) is 37.7. The minimum absolute atomic E-state index is 0.0319. The number of nitrogens with zero attached hydrogens (tertiary/aromatic N) is 4. The van der Waals surface area contributed by atoms with E-state index >= 15 is 0 Å². The fourth-order valence-corrected chi connectivity index (χ4v) is 7.95. The number of anilines is 1. The van der Waals surface area contributed by atoms with Gasteiger partial charge in [0.2, 0.25) is 0 Å². The average Bonchev–Trinajstić information content (AvgIpc) is 3.37. The van der Waals surface area contributed by atoms with Crippen LogP contribution in [0, 0.1) is 5.41 Å². The van der Waals surface area contributed by atoms with Crippen molar-refractivity contribution >= 4 is 23.7 Å². The fraction of sp³-hybridized carbons (Fsp3) is 0.595. The lowest BCUT2D eigenvalue weighted by molar-refractivity contribution is -0.143. The van der Waals surface area contributed by atoms with E-state index in [2.05, 4.69) is 24.1 Å². The Bertz CT molecular complexity index is 1600. The molecule has 4 amide bonds. The van der Waals surface area contributed by atoms with Crippen molar-refractivity contribution in [3.05, 3.63) is 64.7 Å². The van der Waals surface area contributed by atoms with Crippen molar-refractivity contribution < 1.29 is 45.5 Å². The summed E-state index contributed by atoms with van der Waals surface area (Å²) in [5.41, 5.74) is -1.48. The van der Waals surface area contributed by atoms with E-state index in [-0.39, 0.29) is 42.7 Å². The number of ether oxygens (including phenoxy) is 1. The van der Waals surface area contributed by atoms with Crippen molar-refractivity contribution in [3.8, 4) is 0 Å². The topological polar surface area (TPSA) is 85.4 Å². The Morgan fingerprint density at radius 3 is 2.04 bits per heavy atom. The highest BCUT2D eigenvalue weighted by atomic mass is 19.4. The summed E-state index contributed by atoms with van der Waals surface area (Å²) < 4.78 is 87.9. The number of benzene rings is 2. The van der Waals surface area contributed by atoms with Gasteiger partial charge in [0.25, 0.3) is 5.91 Å². The van der Waals surface area contributed by atoms with Crippen LogP contribution in [0.15, 0.2) is 42.5 Å². The highest BCUT2D eigenvalue weighted by molar-refractivity contribution is 5.91. The maximum absolute atomic E-state index is 14.0. The van der Waals surface area contributed by atoms with E-state index in [0.717, 1.165) is 30.8 Å². The molecular weight excluding hydrogens is 692 g/mol. The number of hydrogen-bond acceptors (Lipinski definition) is 5. The number of rotatable bonds is 6. The van der Waals surface area contributed by atoms with Crippen LogP contribution >= 0.6 is 0 Å². The molecule has 0 spiro atoms. The molecule has 0 aliphatic carbocycles. The van der Waals surface area contributed by atoms with E-state index in [1.807, 2.05) is 24.3 Å². The minimum atomic E-state index is -5.07. The number of hydrogen-bond donors (Lipinski definition) is 1. The van der Waals surface area contributed by atoms with Crippen LogP contribution < -0.4 is 5.32 Å². The Morgan fingerprint density at radius 2 is 1.44 bits per heavy atom. The molecule has 4 aliphatic rings. The van der Waals surface area contributed by atoms with Gasteiger partial charge < -0.3 is 24.8 Å². The van der Waals surface area contributed by atoms with Gasteiger partial charge in [-0.2, -0.15) is 26.3 Å². The molecule has 15 heteroatoms. The van der Waals surface area contributed by atoms with Crippen LogP contribution in [0.1, 0.15) is 68.2 Å². The summed E-state index contributed by atoms with van der Waals surface area (Å²) in [5.74, 6) is -0.657. The molecule has 0 unspecified atom stereocenters. The van der Waals surface area contributed by atoms with Gasteiger partial charge in [0, 0.05) is 63.5 Å². The summed E-state index contributed by atoms with van der Waals surface area (Å²) >= 11 is 0. The standard InChI is InChI=1S/C37H45F6N5O4/c1-35(2)12-18-47(23-35)28-8-13-45(14-9-28)32(49)31(21-24-19-26(36(38,39)40)22-27(20-24)37(41,42)43)52-34(51)46-15-10-29(11-16-46)48-17-7-25-5-3-4-6-30(25)44-33(48)50/h3-6,19-20,22,28-29,31H,7-18,21,23H2,1-2H3,(H,44,50)/t31-/m1/s1. The lowest BCUT2D eigenvalue weighted by Crippen LogP contribution is -2.52. The highest BCUT2D eigenvalue weighted by Crippen LogP contribution is 2.37. The zero-order chi connectivity index (χ0) is 37.4. The quantitative estimate of drug-likeness (QED) is 0.322. The Labute approximate surface area is 299 Å². The van der Waals surface area contributed by atoms with E-state index in [1.165, 1.54) is 9.80 Å². The summed E-state index contributed by atoms with van der Waals surface area (Å²) in [5, 5.41) is 2.94. The van der Waals surface area contributed by atoms with Crippen LogP contribution in [-0.2, 0) is 34.7 Å². The Hall–Kier alpha value is -4.01. The molecule has 1 atom stereocenters. The van der Waals surface area contributed by atoms with Crippen LogP contribution in [-0.4, -0.2) is 102 Å². The van der Waals surface area contributed by atoms with Crippen LogP contribution in [0.2, 0.25) is 0 Å². The molecule has 4 heterocycles. The normalized spacial score (nSPS) is 21.4. The maximum atomic E-state index is 14.0. The SMILES string of the molecule is CC1(C)CCN(C2CCN(C(=O)[C@@H](Cc3cc(C(F)(F)F)cc(C(F)(F)F)c3)OC(=O)N3CCC(N4CCc5ccccc5NC4=O)CC3)CC2)C1. The summed E-state index contributed by atoms with van der Waals surface area (Å²) in [6, 6.07) is 8.54. The van der Waals surface area contributed by atoms with Gasteiger partial charge in [0.05, 0.1) is 11.1 Å². The molecule has 0 saturated carbocycles. The number of piperidine rings is 2. The molecule has 1 N–H and O–H groups in total. The molecule has 3 saturated heterocycles. The number of halogens is 6. The fourth-order valence-electron chi connectivity index (χ4n) is 7.95. The van der Waals surface area contributed by atoms with Crippen LogP contribution in [0.4, 0.5) is 41.6 Å². The molecule has 4 aliphatic heterocycles. The summed E-state index contributed by atoms with van der Waals surface area (Å²) in [7, 11) is 0. The zero-order valence-electron chi connectivity index (χ0n) is 29.4. The largest absolute Gasteiger partial charge is 0.436 e. The number of alkyl halides is 6. The lowest BCUT2D eigenvalue weighted by atomic mass is 9.93. The van der Waals surface area contributed by atoms with Crippen molar-refractivity contribution in [3.63, 3.8) is 0 Å². The zero-order valence-corrected chi connectivity index (χ0v) is 29.4. The lowest BCUT2D eigenvalue weighted by Gasteiger charge is -2.39. The number of amides is 4. The van der Waals surface area contributed by atoms with Gasteiger partial charge in [0.1, 0.15) is 0 Å². The highest BCUT2D eigenvalue weighted by Gasteiger charge is 2.40. The Balaban J connectivity index is 1.15. The Kier molecular flexibility index (Phi) is 10.7. The average molecular weight is 738 g/mol. The van der Waals surface area contributed by atoms with Gasteiger partial charge in [-0.3, -0.25) is 9.69 Å². The van der Waals surface area contributed by atoms with Crippen molar-refractivity contribution in [2.45, 2.75) is 89.3 Å². The van der Waals surface area contributed by atoms with Gasteiger partial charge in [0.15, 0.2) is 6.10 Å². The van der Waals surface area contributed by atoms with Gasteiger partial charge in [-0.1, -0.05) is 32.0 Å². The van der Waals surface area contributed by atoms with E-state index < -0.39 is 53.6 Å². The number of urea groups is 1. The molecule has 52 heavy (non-hydrogen) atoms. The molecule has 284 valence electrons. The summed E-state index contributed by atoms with van der Waals surface area (Å²) in [4.78, 5) is 47.6. The third-order valence-corrected chi connectivity index (χ3v) is 10.9. The van der Waals surface area contributed by atoms with Gasteiger partial charge in [-0.15, -0.1) is 0 Å². The third-order valence-electron chi connectivity index (χ3n) is 10.9. The number of nitrogens with one attached hydrogen (secondary N) is 1. The second kappa shape index (κ2) is 14.8. The van der Waals surface area contributed by atoms with Crippen LogP contribution in [0.3, 0.4) is 0 Å². The number of carbonyl (C=O) groups is 3. The third kappa shape index (κ3) is 8.78. The molecule has 0 aromatic heterocycles. The second-order valence-corrected chi connectivity index (χ2v) is 15.2. The number of fused-ring (bicyclic) bond motifs is 1. The van der Waals surface area contributed by atoms with Crippen molar-refractivity contribution in [1.29, 1.82) is 0 Å². The first-order valence-corrected chi connectivity index (χ1v) is 17.9. The molecule has 0 bridgehead atoms. The summed E-state index contributed by atoms with van der Waals surface area (Å²) in [6.07, 6.45) is -9.51. The molecule has 9 nitrogen and oxygen atoms in total. The van der Waals surface area contributed by atoms with E-state index in [0.29, 0.717) is 63.9 Å². The molecule has 6 rings (SSSR count). The van der Waals surface area contributed by atoms with Crippen molar-refractivity contribution in [2.75, 3.05) is 51.1 Å². The smallest absolute Gasteiger partial charge is 0.416 e. The molecule has 2 aromatic carbocycles. The second-order valence-electron chi connectivity index (χ2n) is 15.2. The Morgan fingerprint density at radius 1 is 0.846 bits per heavy atom. The first-order valence-electron chi connectivity index (χ1n) is 17.9. The van der Waals surface area contributed by atoms with E-state index in [1.54, 1.807) is 4.90 Å². The van der Waals surface area contributed by atoms with Crippen LogP contribution in [0.5, 0.6) is 0 Å². The van der Waals surface area contributed by atoms with Gasteiger partial charge in [-0.25, -0.2) is 9.59 Å². The molecule has 3 fully saturated rings. The summed E-state index contributed by atoms with van der Waals surface area (Å²) in [6.45, 7) is 7.76. The number of likely N-dealkylation sites (tertiary alicyclic amines) is 3. The minimum Gasteiger partial charge on any atom is -0.436 e. The van der Waals surface area contributed by atoms with Crippen molar-refractivity contribution in [1.82, 2.24) is 19.6 Å². The van der Waals surface area contributed by atoms with Gasteiger partial charge >= 0.3 is 24.5 Å². The number of carbonyl (C=O) groups excluding carboxylic acids is 3. The maximum Gasteiger partial charge on any atom is 0.416 e. The monoisotopic (exact) mass is 737 g/mol. The first-order chi connectivity index (χ1) is 24.5. The predicted octanol–water partition coefficient (Wildman–Crippen LogP) is 7.05. The molecule has 0 radical (unpaired) electrons. The predicted molar refractivity (Wildman–Crippen MR) is 180 cm³/mol.